The number of benzene rings is 1. The summed E-state index contributed by atoms with van der Waals surface area (Å²) < 4.78 is 15.9. The zero-order valence-corrected chi connectivity index (χ0v) is 18.6. The van der Waals surface area contributed by atoms with Crippen molar-refractivity contribution in [3.05, 3.63) is 24.3 Å². The van der Waals surface area contributed by atoms with E-state index in [1.54, 1.807) is 21.3 Å². The van der Waals surface area contributed by atoms with E-state index in [2.05, 4.69) is 27.6 Å². The van der Waals surface area contributed by atoms with Gasteiger partial charge in [-0.15, -0.1) is 24.0 Å². The minimum absolute atomic E-state index is 0. The number of nitrogens with zero attached hydrogens (tertiary/aromatic N) is 2. The summed E-state index contributed by atoms with van der Waals surface area (Å²) in [5.74, 6) is 2.36. The van der Waals surface area contributed by atoms with Gasteiger partial charge in [-0.3, -0.25) is 4.99 Å². The fourth-order valence-electron chi connectivity index (χ4n) is 2.21. The average Bonchev–Trinajstić information content (AvgIpc) is 2.64. The van der Waals surface area contributed by atoms with Crippen molar-refractivity contribution in [2.45, 2.75) is 6.42 Å². The van der Waals surface area contributed by atoms with Gasteiger partial charge in [0, 0.05) is 46.5 Å². The SMILES string of the molecule is CN=C(NCCOc1cccc(OC)c1)NCCN(C)CCCOC.I. The number of nitrogens with one attached hydrogen (secondary N) is 2. The van der Waals surface area contributed by atoms with Gasteiger partial charge < -0.3 is 29.7 Å². The van der Waals surface area contributed by atoms with E-state index in [1.807, 2.05) is 24.3 Å². The Labute approximate surface area is 174 Å². The van der Waals surface area contributed by atoms with E-state index in [4.69, 9.17) is 14.2 Å². The average molecular weight is 480 g/mol. The molecule has 1 rings (SSSR count). The molecule has 0 radical (unpaired) electrons. The predicted molar refractivity (Wildman–Crippen MR) is 117 cm³/mol. The quantitative estimate of drug-likeness (QED) is 0.206. The summed E-state index contributed by atoms with van der Waals surface area (Å²) in [7, 11) is 7.25. The zero-order valence-electron chi connectivity index (χ0n) is 16.3. The molecular weight excluding hydrogens is 447 g/mol. The molecule has 0 spiro atoms. The Balaban J connectivity index is 0.00000625. The van der Waals surface area contributed by atoms with Crippen LogP contribution in [0, 0.1) is 0 Å². The molecule has 0 saturated heterocycles. The smallest absolute Gasteiger partial charge is 0.191 e. The van der Waals surface area contributed by atoms with Gasteiger partial charge in [0.1, 0.15) is 18.1 Å². The molecule has 8 heteroatoms. The second kappa shape index (κ2) is 16.0. The molecule has 0 heterocycles. The van der Waals surface area contributed by atoms with Crippen molar-refractivity contribution in [3.8, 4) is 11.5 Å². The van der Waals surface area contributed by atoms with Crippen molar-refractivity contribution in [1.82, 2.24) is 15.5 Å². The van der Waals surface area contributed by atoms with Crippen LogP contribution in [0.1, 0.15) is 6.42 Å². The topological polar surface area (TPSA) is 67.4 Å². The molecule has 0 saturated carbocycles. The molecule has 26 heavy (non-hydrogen) atoms. The number of halogens is 1. The number of methoxy groups -OCH3 is 2. The van der Waals surface area contributed by atoms with E-state index >= 15 is 0 Å². The molecule has 0 amide bonds. The molecule has 0 aliphatic rings. The molecule has 0 unspecified atom stereocenters. The first-order chi connectivity index (χ1) is 12.2. The van der Waals surface area contributed by atoms with Gasteiger partial charge in [-0.05, 0) is 25.6 Å². The molecule has 0 aromatic heterocycles. The highest BCUT2D eigenvalue weighted by molar-refractivity contribution is 14.0. The van der Waals surface area contributed by atoms with Gasteiger partial charge in [-0.1, -0.05) is 6.07 Å². The number of aliphatic imine (C=N–C) groups is 1. The van der Waals surface area contributed by atoms with E-state index < -0.39 is 0 Å². The van der Waals surface area contributed by atoms with Crippen LogP contribution in [-0.4, -0.2) is 78.6 Å². The molecule has 1 aromatic rings. The molecular formula is C18H33IN4O3. The van der Waals surface area contributed by atoms with Crippen LogP contribution in [-0.2, 0) is 4.74 Å². The van der Waals surface area contributed by atoms with Gasteiger partial charge in [0.25, 0.3) is 0 Å². The summed E-state index contributed by atoms with van der Waals surface area (Å²) in [5.41, 5.74) is 0. The summed E-state index contributed by atoms with van der Waals surface area (Å²) in [6, 6.07) is 7.58. The van der Waals surface area contributed by atoms with Crippen molar-refractivity contribution in [2.24, 2.45) is 4.99 Å². The van der Waals surface area contributed by atoms with Gasteiger partial charge in [-0.25, -0.2) is 0 Å². The zero-order chi connectivity index (χ0) is 18.3. The van der Waals surface area contributed by atoms with Crippen molar-refractivity contribution < 1.29 is 14.2 Å². The highest BCUT2D eigenvalue weighted by atomic mass is 127. The Morgan fingerprint density at radius 2 is 1.81 bits per heavy atom. The number of ether oxygens (including phenoxy) is 3. The molecule has 0 aliphatic heterocycles. The van der Waals surface area contributed by atoms with Crippen molar-refractivity contribution in [1.29, 1.82) is 0 Å². The fraction of sp³-hybridized carbons (Fsp3) is 0.611. The first-order valence-electron chi connectivity index (χ1n) is 8.58. The van der Waals surface area contributed by atoms with E-state index in [-0.39, 0.29) is 24.0 Å². The van der Waals surface area contributed by atoms with Crippen LogP contribution in [0.3, 0.4) is 0 Å². The molecule has 150 valence electrons. The van der Waals surface area contributed by atoms with Crippen LogP contribution in [0.5, 0.6) is 11.5 Å². The Morgan fingerprint density at radius 1 is 1.08 bits per heavy atom. The standard InChI is InChI=1S/C18H32N4O3.HI/c1-19-18(20-9-12-22(2)11-6-13-23-3)21-10-14-25-17-8-5-7-16(15-17)24-4;/h5,7-8,15H,6,9-14H2,1-4H3,(H2,19,20,21);1H. The minimum Gasteiger partial charge on any atom is -0.497 e. The number of hydrogen-bond acceptors (Lipinski definition) is 5. The molecule has 0 bridgehead atoms. The van der Waals surface area contributed by atoms with Crippen molar-refractivity contribution >= 4 is 29.9 Å². The highest BCUT2D eigenvalue weighted by Gasteiger charge is 2.01. The third kappa shape index (κ3) is 11.4. The van der Waals surface area contributed by atoms with Gasteiger partial charge >= 0.3 is 0 Å². The van der Waals surface area contributed by atoms with E-state index in [1.165, 1.54) is 0 Å². The van der Waals surface area contributed by atoms with Crippen LogP contribution in [0.2, 0.25) is 0 Å². The second-order valence-electron chi connectivity index (χ2n) is 5.60. The normalized spacial score (nSPS) is 11.0. The molecule has 0 fully saturated rings. The van der Waals surface area contributed by atoms with Gasteiger partial charge in [0.2, 0.25) is 0 Å². The molecule has 2 N–H and O–H groups in total. The Bertz CT molecular complexity index is 503. The number of rotatable bonds is 12. The molecule has 7 nitrogen and oxygen atoms in total. The van der Waals surface area contributed by atoms with Crippen LogP contribution in [0.4, 0.5) is 0 Å². The Hall–Kier alpha value is -1.26. The van der Waals surface area contributed by atoms with E-state index in [0.29, 0.717) is 13.2 Å². The lowest BCUT2D eigenvalue weighted by Gasteiger charge is -2.18. The largest absolute Gasteiger partial charge is 0.497 e. The third-order valence-electron chi connectivity index (χ3n) is 3.60. The lowest BCUT2D eigenvalue weighted by atomic mass is 10.3. The van der Waals surface area contributed by atoms with E-state index in [9.17, 15) is 0 Å². The first kappa shape index (κ1) is 24.7. The molecule has 0 atom stereocenters. The second-order valence-corrected chi connectivity index (χ2v) is 5.60. The Kier molecular flexibility index (Phi) is 15.2. The maximum absolute atomic E-state index is 5.70. The van der Waals surface area contributed by atoms with Crippen LogP contribution < -0.4 is 20.1 Å². The summed E-state index contributed by atoms with van der Waals surface area (Å²) in [5, 5.41) is 6.54. The summed E-state index contributed by atoms with van der Waals surface area (Å²) >= 11 is 0. The number of hydrogen-bond donors (Lipinski definition) is 2. The maximum Gasteiger partial charge on any atom is 0.191 e. The van der Waals surface area contributed by atoms with Crippen LogP contribution >= 0.6 is 24.0 Å². The van der Waals surface area contributed by atoms with E-state index in [0.717, 1.165) is 50.1 Å². The van der Waals surface area contributed by atoms with Crippen LogP contribution in [0.25, 0.3) is 0 Å². The van der Waals surface area contributed by atoms with Crippen LogP contribution in [0.15, 0.2) is 29.3 Å². The lowest BCUT2D eigenvalue weighted by Crippen LogP contribution is -2.42. The summed E-state index contributed by atoms with van der Waals surface area (Å²) in [6.45, 7) is 4.82. The lowest BCUT2D eigenvalue weighted by molar-refractivity contribution is 0.180. The molecule has 0 aliphatic carbocycles. The minimum atomic E-state index is 0. The van der Waals surface area contributed by atoms with Gasteiger partial charge in [-0.2, -0.15) is 0 Å². The van der Waals surface area contributed by atoms with Gasteiger partial charge in [0.05, 0.1) is 13.7 Å². The fourth-order valence-corrected chi connectivity index (χ4v) is 2.21. The first-order valence-corrected chi connectivity index (χ1v) is 8.58. The predicted octanol–water partition coefficient (Wildman–Crippen LogP) is 1.83. The summed E-state index contributed by atoms with van der Waals surface area (Å²) in [4.78, 5) is 6.48. The highest BCUT2D eigenvalue weighted by Crippen LogP contribution is 2.18. The maximum atomic E-state index is 5.70. The number of likely N-dealkylation sites (N-methyl/N-ethyl adjacent to an activating group) is 1. The van der Waals surface area contributed by atoms with Gasteiger partial charge in [0.15, 0.2) is 5.96 Å². The number of guanidine groups is 1. The molecule has 1 aromatic carbocycles. The monoisotopic (exact) mass is 480 g/mol. The van der Waals surface area contributed by atoms with Crippen molar-refractivity contribution in [2.75, 3.05) is 67.7 Å². The Morgan fingerprint density at radius 3 is 2.50 bits per heavy atom. The van der Waals surface area contributed by atoms with Crippen molar-refractivity contribution in [3.63, 3.8) is 0 Å². The summed E-state index contributed by atoms with van der Waals surface area (Å²) in [6.07, 6.45) is 1.04. The third-order valence-corrected chi connectivity index (χ3v) is 3.60.